The highest BCUT2D eigenvalue weighted by Gasteiger charge is 2.15. The topological polar surface area (TPSA) is 39.2 Å². The third-order valence-electron chi connectivity index (χ3n) is 1.99. The van der Waals surface area contributed by atoms with E-state index in [1.165, 1.54) is 18.3 Å². The summed E-state index contributed by atoms with van der Waals surface area (Å²) >= 11 is 1.49. The molecule has 0 spiro atoms. The SMILES string of the molecule is CCCC(OC)c1nc(C(C)=O)cs1. The number of ketones is 1. The maximum absolute atomic E-state index is 11.0. The zero-order valence-electron chi connectivity index (χ0n) is 8.74. The summed E-state index contributed by atoms with van der Waals surface area (Å²) in [6.07, 6.45) is 2.03. The van der Waals surface area contributed by atoms with Gasteiger partial charge in [0.25, 0.3) is 0 Å². The second kappa shape index (κ2) is 5.22. The molecule has 1 atom stereocenters. The van der Waals surface area contributed by atoms with Crippen molar-refractivity contribution >= 4 is 17.1 Å². The quantitative estimate of drug-likeness (QED) is 0.706. The van der Waals surface area contributed by atoms with Gasteiger partial charge in [-0.05, 0) is 6.42 Å². The summed E-state index contributed by atoms with van der Waals surface area (Å²) in [7, 11) is 1.68. The van der Waals surface area contributed by atoms with Crippen LogP contribution >= 0.6 is 11.3 Å². The minimum Gasteiger partial charge on any atom is -0.374 e. The van der Waals surface area contributed by atoms with Crippen molar-refractivity contribution in [3.63, 3.8) is 0 Å². The zero-order valence-corrected chi connectivity index (χ0v) is 9.56. The van der Waals surface area contributed by atoms with Crippen molar-refractivity contribution in [3.05, 3.63) is 16.1 Å². The van der Waals surface area contributed by atoms with Crippen molar-refractivity contribution < 1.29 is 9.53 Å². The maximum atomic E-state index is 11.0. The molecule has 0 N–H and O–H groups in total. The summed E-state index contributed by atoms with van der Waals surface area (Å²) in [5.74, 6) is 0.0128. The van der Waals surface area contributed by atoms with Gasteiger partial charge in [-0.15, -0.1) is 11.3 Å². The average molecular weight is 213 g/mol. The van der Waals surface area contributed by atoms with E-state index in [4.69, 9.17) is 4.74 Å². The highest BCUT2D eigenvalue weighted by Crippen LogP contribution is 2.25. The number of hydrogen-bond acceptors (Lipinski definition) is 4. The molecular formula is C10H15NO2S. The number of nitrogens with zero attached hydrogens (tertiary/aromatic N) is 1. The lowest BCUT2D eigenvalue weighted by Crippen LogP contribution is -2.01. The lowest BCUT2D eigenvalue weighted by molar-refractivity contribution is 0.0939. The van der Waals surface area contributed by atoms with Gasteiger partial charge in [0.05, 0.1) is 0 Å². The number of aromatic nitrogens is 1. The fourth-order valence-corrected chi connectivity index (χ4v) is 2.17. The molecule has 4 heteroatoms. The fraction of sp³-hybridized carbons (Fsp3) is 0.600. The molecule has 0 amide bonds. The number of carbonyl (C=O) groups is 1. The predicted molar refractivity (Wildman–Crippen MR) is 56.8 cm³/mol. The molecule has 0 saturated carbocycles. The molecule has 14 heavy (non-hydrogen) atoms. The second-order valence-corrected chi connectivity index (χ2v) is 4.03. The lowest BCUT2D eigenvalue weighted by Gasteiger charge is -2.10. The van der Waals surface area contributed by atoms with Crippen molar-refractivity contribution in [2.45, 2.75) is 32.8 Å². The van der Waals surface area contributed by atoms with Crippen LogP contribution in [0.15, 0.2) is 5.38 Å². The van der Waals surface area contributed by atoms with Crippen molar-refractivity contribution in [2.75, 3.05) is 7.11 Å². The number of methoxy groups -OCH3 is 1. The van der Waals surface area contributed by atoms with Crippen LogP contribution in [-0.4, -0.2) is 17.9 Å². The summed E-state index contributed by atoms with van der Waals surface area (Å²) in [4.78, 5) is 15.3. The van der Waals surface area contributed by atoms with Gasteiger partial charge >= 0.3 is 0 Å². The van der Waals surface area contributed by atoms with Crippen LogP contribution in [0.25, 0.3) is 0 Å². The van der Waals surface area contributed by atoms with E-state index in [0.717, 1.165) is 17.8 Å². The Morgan fingerprint density at radius 2 is 2.43 bits per heavy atom. The van der Waals surface area contributed by atoms with E-state index >= 15 is 0 Å². The molecule has 0 aliphatic heterocycles. The van der Waals surface area contributed by atoms with Crippen molar-refractivity contribution in [1.82, 2.24) is 4.98 Å². The predicted octanol–water partition coefficient (Wildman–Crippen LogP) is 2.83. The molecule has 1 heterocycles. The Labute approximate surface area is 88.1 Å². The summed E-state index contributed by atoms with van der Waals surface area (Å²) in [6, 6.07) is 0. The number of Topliss-reactive ketones (excluding diaryl/α,β-unsaturated/α-hetero) is 1. The van der Waals surface area contributed by atoms with Gasteiger partial charge in [-0.3, -0.25) is 4.79 Å². The van der Waals surface area contributed by atoms with Gasteiger partial charge in [0, 0.05) is 19.4 Å². The molecule has 0 bridgehead atoms. The van der Waals surface area contributed by atoms with Crippen LogP contribution in [-0.2, 0) is 4.74 Å². The second-order valence-electron chi connectivity index (χ2n) is 3.14. The van der Waals surface area contributed by atoms with E-state index in [-0.39, 0.29) is 11.9 Å². The van der Waals surface area contributed by atoms with Gasteiger partial charge < -0.3 is 4.74 Å². The maximum Gasteiger partial charge on any atom is 0.178 e. The molecule has 0 fully saturated rings. The first-order valence-electron chi connectivity index (χ1n) is 4.68. The molecule has 0 aliphatic carbocycles. The molecule has 1 aromatic rings. The fourth-order valence-electron chi connectivity index (χ4n) is 1.20. The van der Waals surface area contributed by atoms with Gasteiger partial charge in [-0.1, -0.05) is 13.3 Å². The van der Waals surface area contributed by atoms with Gasteiger partial charge in [0.15, 0.2) is 5.78 Å². The third kappa shape index (κ3) is 2.62. The zero-order chi connectivity index (χ0) is 10.6. The summed E-state index contributed by atoms with van der Waals surface area (Å²) < 4.78 is 5.31. The molecular weight excluding hydrogens is 198 g/mol. The first-order valence-corrected chi connectivity index (χ1v) is 5.56. The summed E-state index contributed by atoms with van der Waals surface area (Å²) in [6.45, 7) is 3.63. The molecule has 78 valence electrons. The van der Waals surface area contributed by atoms with E-state index in [1.807, 2.05) is 0 Å². The van der Waals surface area contributed by atoms with Crippen LogP contribution in [0, 0.1) is 0 Å². The Morgan fingerprint density at radius 1 is 1.71 bits per heavy atom. The summed E-state index contributed by atoms with van der Waals surface area (Å²) in [5, 5.41) is 2.69. The minimum atomic E-state index is 0.0128. The Balaban J connectivity index is 2.78. The Hall–Kier alpha value is -0.740. The molecule has 0 aliphatic rings. The van der Waals surface area contributed by atoms with E-state index < -0.39 is 0 Å². The van der Waals surface area contributed by atoms with Crippen LogP contribution in [0.3, 0.4) is 0 Å². The van der Waals surface area contributed by atoms with E-state index in [9.17, 15) is 4.79 Å². The van der Waals surface area contributed by atoms with Crippen molar-refractivity contribution in [1.29, 1.82) is 0 Å². The Bertz CT molecular complexity index is 309. The van der Waals surface area contributed by atoms with E-state index in [2.05, 4.69) is 11.9 Å². The van der Waals surface area contributed by atoms with Gasteiger partial charge in [-0.25, -0.2) is 4.98 Å². The molecule has 0 radical (unpaired) electrons. The first-order chi connectivity index (χ1) is 6.69. The van der Waals surface area contributed by atoms with Crippen LogP contribution in [0.5, 0.6) is 0 Å². The molecule has 0 aromatic carbocycles. The van der Waals surface area contributed by atoms with Crippen molar-refractivity contribution in [2.24, 2.45) is 0 Å². The molecule has 1 aromatic heterocycles. The van der Waals surface area contributed by atoms with Crippen LogP contribution in [0.4, 0.5) is 0 Å². The smallest absolute Gasteiger partial charge is 0.178 e. The average Bonchev–Trinajstić information content (AvgIpc) is 2.63. The molecule has 1 rings (SSSR count). The first kappa shape index (κ1) is 11.3. The molecule has 0 saturated heterocycles. The van der Waals surface area contributed by atoms with Crippen LogP contribution < -0.4 is 0 Å². The summed E-state index contributed by atoms with van der Waals surface area (Å²) in [5.41, 5.74) is 0.545. The molecule has 1 unspecified atom stereocenters. The molecule has 3 nitrogen and oxygen atoms in total. The van der Waals surface area contributed by atoms with Crippen LogP contribution in [0.2, 0.25) is 0 Å². The number of carbonyl (C=O) groups excluding carboxylic acids is 1. The van der Waals surface area contributed by atoms with Crippen molar-refractivity contribution in [3.8, 4) is 0 Å². The highest BCUT2D eigenvalue weighted by atomic mass is 32.1. The number of thiazole rings is 1. The Morgan fingerprint density at radius 3 is 2.86 bits per heavy atom. The lowest BCUT2D eigenvalue weighted by atomic mass is 10.2. The minimum absolute atomic E-state index is 0.0128. The van der Waals surface area contributed by atoms with E-state index in [0.29, 0.717) is 5.69 Å². The number of ether oxygens (including phenoxy) is 1. The van der Waals surface area contributed by atoms with Crippen LogP contribution in [0.1, 0.15) is 48.3 Å². The standard InChI is InChI=1S/C10H15NO2S/c1-4-5-9(13-3)10-11-8(6-14-10)7(2)12/h6,9H,4-5H2,1-3H3. The van der Waals surface area contributed by atoms with Gasteiger partial charge in [0.1, 0.15) is 16.8 Å². The largest absolute Gasteiger partial charge is 0.374 e. The highest BCUT2D eigenvalue weighted by molar-refractivity contribution is 7.09. The number of rotatable bonds is 5. The normalized spacial score (nSPS) is 12.8. The monoisotopic (exact) mass is 213 g/mol. The number of hydrogen-bond donors (Lipinski definition) is 0. The van der Waals surface area contributed by atoms with Gasteiger partial charge in [0.2, 0.25) is 0 Å². The third-order valence-corrected chi connectivity index (χ3v) is 2.93. The van der Waals surface area contributed by atoms with Gasteiger partial charge in [-0.2, -0.15) is 0 Å². The Kier molecular flexibility index (Phi) is 4.22. The van der Waals surface area contributed by atoms with E-state index in [1.54, 1.807) is 12.5 Å².